The molecular formula is C50H74S2Sn. The average Bonchev–Trinajstić information content (AvgIpc) is 3.92. The summed E-state index contributed by atoms with van der Waals surface area (Å²) in [6.07, 6.45) is 27.2. The zero-order chi connectivity index (χ0) is 37.5. The number of aryl methyl sites for hydroxylation is 1. The van der Waals surface area contributed by atoms with Crippen molar-refractivity contribution in [1.82, 2.24) is 0 Å². The average molecular weight is 858 g/mol. The van der Waals surface area contributed by atoms with E-state index in [2.05, 4.69) is 114 Å². The fraction of sp³-hybridized carbons (Fsp3) is 0.600. The van der Waals surface area contributed by atoms with Crippen molar-refractivity contribution in [2.24, 2.45) is 0 Å². The predicted octanol–water partition coefficient (Wildman–Crippen LogP) is 17.3. The van der Waals surface area contributed by atoms with E-state index in [0.29, 0.717) is 0 Å². The molecule has 1 aliphatic rings. The maximum absolute atomic E-state index is 2.72. The molecule has 0 amide bonds. The Bertz CT molecular complexity index is 1620. The van der Waals surface area contributed by atoms with Crippen molar-refractivity contribution >= 4 is 43.9 Å². The van der Waals surface area contributed by atoms with Gasteiger partial charge in [0.25, 0.3) is 0 Å². The molecule has 290 valence electrons. The third-order valence-corrected chi connectivity index (χ3v) is 33.2. The molecule has 5 rings (SSSR count). The molecule has 0 nitrogen and oxygen atoms in total. The van der Waals surface area contributed by atoms with Gasteiger partial charge in [-0.2, -0.15) is 0 Å². The Balaban J connectivity index is 1.57. The van der Waals surface area contributed by atoms with Gasteiger partial charge in [0.15, 0.2) is 0 Å². The number of fused-ring (bicyclic) bond motifs is 3. The number of unbranched alkanes of at least 4 members (excludes halogenated alkanes) is 13. The Kier molecular flexibility index (Phi) is 17.6. The Labute approximate surface area is 338 Å². The summed E-state index contributed by atoms with van der Waals surface area (Å²) >= 11 is 1.70. The van der Waals surface area contributed by atoms with E-state index in [0.717, 1.165) is 0 Å². The first-order chi connectivity index (χ1) is 25.9. The molecule has 0 saturated carbocycles. The van der Waals surface area contributed by atoms with Crippen LogP contribution in [0.25, 0.3) is 32.0 Å². The summed E-state index contributed by atoms with van der Waals surface area (Å²) in [5.74, 6) is 0. The van der Waals surface area contributed by atoms with Gasteiger partial charge in [0.2, 0.25) is 0 Å². The summed E-state index contributed by atoms with van der Waals surface area (Å²) in [6.45, 7) is 14.2. The Hall–Kier alpha value is -1.36. The molecule has 0 bridgehead atoms. The summed E-state index contributed by atoms with van der Waals surface area (Å²) in [7, 11) is 0. The normalized spacial score (nSPS) is 13.5. The Morgan fingerprint density at radius 3 is 1.34 bits per heavy atom. The summed E-state index contributed by atoms with van der Waals surface area (Å²) in [5.41, 5.74) is 9.33. The zero-order valence-electron chi connectivity index (χ0n) is 34.9. The molecule has 2 heterocycles. The number of benzene rings is 2. The van der Waals surface area contributed by atoms with Gasteiger partial charge in [-0.05, 0) is 13.0 Å². The van der Waals surface area contributed by atoms with Gasteiger partial charge in [-0.15, -0.1) is 0 Å². The van der Waals surface area contributed by atoms with E-state index < -0.39 is 18.4 Å². The van der Waals surface area contributed by atoms with Crippen molar-refractivity contribution in [3.63, 3.8) is 0 Å². The van der Waals surface area contributed by atoms with Crippen molar-refractivity contribution < 1.29 is 0 Å². The van der Waals surface area contributed by atoms with Gasteiger partial charge in [-0.1, -0.05) is 39.5 Å². The van der Waals surface area contributed by atoms with Crippen LogP contribution in [0, 0.1) is 6.92 Å². The van der Waals surface area contributed by atoms with Crippen LogP contribution in [0.15, 0.2) is 60.7 Å². The van der Waals surface area contributed by atoms with Crippen LogP contribution in [0.1, 0.15) is 179 Å². The summed E-state index contributed by atoms with van der Waals surface area (Å²) in [5, 5.41) is 0. The molecule has 0 radical (unpaired) electrons. The predicted molar refractivity (Wildman–Crippen MR) is 245 cm³/mol. The van der Waals surface area contributed by atoms with Gasteiger partial charge in [-0.3, -0.25) is 0 Å². The van der Waals surface area contributed by atoms with Gasteiger partial charge >= 0.3 is 284 Å². The first kappa shape index (κ1) is 42.8. The van der Waals surface area contributed by atoms with E-state index in [1.807, 2.05) is 14.2 Å². The van der Waals surface area contributed by atoms with Gasteiger partial charge in [-0.25, -0.2) is 0 Å². The van der Waals surface area contributed by atoms with Gasteiger partial charge < -0.3 is 0 Å². The van der Waals surface area contributed by atoms with E-state index in [-0.39, 0.29) is 5.41 Å². The van der Waals surface area contributed by atoms with Crippen molar-refractivity contribution in [2.75, 3.05) is 0 Å². The minimum absolute atomic E-state index is 0.102. The van der Waals surface area contributed by atoms with Crippen molar-refractivity contribution in [3.05, 3.63) is 76.7 Å². The molecule has 0 spiro atoms. The van der Waals surface area contributed by atoms with E-state index in [4.69, 9.17) is 0 Å². The molecule has 0 unspecified atom stereocenters. The van der Waals surface area contributed by atoms with E-state index in [1.54, 1.807) is 24.4 Å². The molecule has 0 atom stereocenters. The molecule has 0 aliphatic heterocycles. The third-order valence-electron chi connectivity index (χ3n) is 12.7. The van der Waals surface area contributed by atoms with Gasteiger partial charge in [0, 0.05) is 4.88 Å². The van der Waals surface area contributed by atoms with Crippen LogP contribution in [-0.4, -0.2) is 18.4 Å². The standard InChI is InChI=1S/C38H47S2.3C4H9.Sn/c1-4-6-8-10-12-14-24-38(25-15-13-11-9-7-5-2)34-27-30(36-17-16-26-39-36)19-21-32(34)33-22-20-31(28-35(33)38)37-23-18-29(3)40-37;3*1-3-4-2;/h16-23,27-28H,4-15,24-25H2,1-3H3;3*1,3-4H2,2H3;. The van der Waals surface area contributed by atoms with Crippen molar-refractivity contribution in [2.45, 2.75) is 189 Å². The van der Waals surface area contributed by atoms with Gasteiger partial charge in [0.1, 0.15) is 0 Å². The minimum atomic E-state index is -2.48. The van der Waals surface area contributed by atoms with Gasteiger partial charge in [0.05, 0.1) is 0 Å². The first-order valence-corrected chi connectivity index (χ1v) is 31.5. The first-order valence-electron chi connectivity index (χ1n) is 22.4. The molecular weight excluding hydrogens is 783 g/mol. The van der Waals surface area contributed by atoms with Crippen LogP contribution in [-0.2, 0) is 5.41 Å². The summed E-state index contributed by atoms with van der Waals surface area (Å²) in [4.78, 5) is 4.36. The second-order valence-electron chi connectivity index (χ2n) is 16.8. The molecule has 0 fully saturated rings. The number of hydrogen-bond acceptors (Lipinski definition) is 2. The monoisotopic (exact) mass is 858 g/mol. The number of thiophene rings is 2. The van der Waals surface area contributed by atoms with E-state index in [1.165, 1.54) is 165 Å². The molecule has 53 heavy (non-hydrogen) atoms. The second-order valence-corrected chi connectivity index (χ2v) is 33.3. The molecule has 1 aliphatic carbocycles. The topological polar surface area (TPSA) is 0 Å². The second kappa shape index (κ2) is 21.8. The molecule has 4 aromatic rings. The van der Waals surface area contributed by atoms with Crippen LogP contribution in [0.2, 0.25) is 13.3 Å². The maximum atomic E-state index is 2.72. The fourth-order valence-corrected chi connectivity index (χ4v) is 30.5. The number of hydrogen-bond donors (Lipinski definition) is 0. The van der Waals surface area contributed by atoms with Crippen LogP contribution in [0.5, 0.6) is 0 Å². The quantitative estimate of drug-likeness (QED) is 0.0436. The number of rotatable bonds is 26. The molecule has 2 aromatic heterocycles. The summed E-state index contributed by atoms with van der Waals surface area (Å²) in [6, 6.07) is 25.2. The zero-order valence-corrected chi connectivity index (χ0v) is 39.3. The van der Waals surface area contributed by atoms with Crippen molar-refractivity contribution in [3.8, 4) is 32.0 Å². The van der Waals surface area contributed by atoms with E-state index >= 15 is 0 Å². The Morgan fingerprint density at radius 1 is 0.453 bits per heavy atom. The molecule has 0 saturated heterocycles. The molecule has 2 aromatic carbocycles. The van der Waals surface area contributed by atoms with Crippen molar-refractivity contribution in [1.29, 1.82) is 0 Å². The molecule has 3 heteroatoms. The van der Waals surface area contributed by atoms with E-state index in [9.17, 15) is 0 Å². The molecule has 0 N–H and O–H groups in total. The van der Waals surface area contributed by atoms with Crippen LogP contribution >= 0.6 is 22.7 Å². The van der Waals surface area contributed by atoms with Crippen LogP contribution in [0.3, 0.4) is 0 Å². The SMILES string of the molecule is CCCCCCCCC1(CCCCCCCC)c2cc(-c3ccc(C)s3)ccc2-c2ccc(-c3cc[c]([Sn]([CH2]CCC)([CH2]CCC)[CH2]CCC)s3)cc21. The van der Waals surface area contributed by atoms with Crippen LogP contribution < -0.4 is 2.89 Å². The Morgan fingerprint density at radius 2 is 0.887 bits per heavy atom. The van der Waals surface area contributed by atoms with Crippen LogP contribution in [0.4, 0.5) is 0 Å². The fourth-order valence-electron chi connectivity index (χ4n) is 9.54. The third kappa shape index (κ3) is 10.7. The summed E-state index contributed by atoms with van der Waals surface area (Å²) < 4.78 is 6.53.